The van der Waals surface area contributed by atoms with E-state index in [2.05, 4.69) is 5.32 Å². The Morgan fingerprint density at radius 3 is 2.25 bits per heavy atom. The van der Waals surface area contributed by atoms with Gasteiger partial charge in [-0.2, -0.15) is 0 Å². The van der Waals surface area contributed by atoms with Gasteiger partial charge < -0.3 is 10.4 Å². The maximum absolute atomic E-state index is 9.92. The normalized spacial score (nSPS) is 25.2. The number of hydrogen-bond acceptors (Lipinski definition) is 2. The van der Waals surface area contributed by atoms with Crippen molar-refractivity contribution in [2.24, 2.45) is 0 Å². The van der Waals surface area contributed by atoms with Crippen LogP contribution in [-0.4, -0.2) is 23.7 Å². The molecule has 1 aliphatic rings. The van der Waals surface area contributed by atoms with Crippen LogP contribution in [-0.2, 0) is 4.79 Å². The first kappa shape index (κ1) is 7.36. The lowest BCUT2D eigenvalue weighted by Crippen LogP contribution is -2.48. The first-order chi connectivity index (χ1) is 3.30. The maximum Gasteiger partial charge on any atom is 0.320 e. The van der Waals surface area contributed by atoms with E-state index in [0.717, 1.165) is 13.0 Å². The van der Waals surface area contributed by atoms with E-state index in [1.165, 1.54) is 0 Å². The highest BCUT2D eigenvalue weighted by molar-refractivity contribution is 5.74. The number of rotatable bonds is 1. The van der Waals surface area contributed by atoms with Crippen molar-refractivity contribution in [2.75, 3.05) is 6.54 Å². The molecule has 0 saturated carbocycles. The molecule has 1 atom stereocenters. The Morgan fingerprint density at radius 2 is 2.25 bits per heavy atom. The van der Waals surface area contributed by atoms with Gasteiger partial charge in [0.1, 0.15) is 6.04 Å². The quantitative estimate of drug-likeness (QED) is 0.495. The van der Waals surface area contributed by atoms with Crippen molar-refractivity contribution in [1.29, 1.82) is 0 Å². The molecule has 8 heavy (non-hydrogen) atoms. The standard InChI is InChI=1S/C4H7NO2.FH/c6-4(7)3-1-2-5-3;/h3,5H,1-2H2,(H,6,7);1H/t3-;/m0./s1. The molecule has 3 nitrogen and oxygen atoms in total. The second-order valence-corrected chi connectivity index (χ2v) is 1.63. The van der Waals surface area contributed by atoms with E-state index in [9.17, 15) is 4.79 Å². The van der Waals surface area contributed by atoms with Crippen LogP contribution >= 0.6 is 0 Å². The average molecular weight is 121 g/mol. The molecule has 0 bridgehead atoms. The van der Waals surface area contributed by atoms with Crippen LogP contribution in [0.25, 0.3) is 0 Å². The lowest BCUT2D eigenvalue weighted by Gasteiger charge is -2.22. The summed E-state index contributed by atoms with van der Waals surface area (Å²) >= 11 is 0. The molecule has 1 saturated heterocycles. The molecule has 0 aromatic heterocycles. The van der Waals surface area contributed by atoms with Gasteiger partial charge >= 0.3 is 5.97 Å². The number of carbonyl (C=O) groups is 1. The minimum atomic E-state index is -0.730. The highest BCUT2D eigenvalue weighted by Crippen LogP contribution is 1.99. The van der Waals surface area contributed by atoms with Crippen molar-refractivity contribution in [3.63, 3.8) is 0 Å². The summed E-state index contributed by atoms with van der Waals surface area (Å²) in [5.41, 5.74) is 0. The van der Waals surface area contributed by atoms with E-state index in [-0.39, 0.29) is 10.7 Å². The first-order valence-electron chi connectivity index (χ1n) is 2.27. The number of carboxylic acids is 1. The molecule has 4 heteroatoms. The fourth-order valence-electron chi connectivity index (χ4n) is 0.499. The van der Waals surface area contributed by atoms with Gasteiger partial charge in [0.05, 0.1) is 0 Å². The van der Waals surface area contributed by atoms with E-state index in [4.69, 9.17) is 5.11 Å². The van der Waals surface area contributed by atoms with Gasteiger partial charge in [-0.3, -0.25) is 9.50 Å². The Bertz CT molecular complexity index is 92.0. The third-order valence-corrected chi connectivity index (χ3v) is 1.12. The number of hydrogen-bond donors (Lipinski definition) is 2. The summed E-state index contributed by atoms with van der Waals surface area (Å²) < 4.78 is 0. The van der Waals surface area contributed by atoms with E-state index in [1.54, 1.807) is 0 Å². The molecular weight excluding hydrogens is 113 g/mol. The molecule has 2 N–H and O–H groups in total. The van der Waals surface area contributed by atoms with Crippen LogP contribution in [0.15, 0.2) is 0 Å². The van der Waals surface area contributed by atoms with Gasteiger partial charge in [0.15, 0.2) is 0 Å². The average Bonchev–Trinajstić information content (AvgIpc) is 1.23. The monoisotopic (exact) mass is 121 g/mol. The summed E-state index contributed by atoms with van der Waals surface area (Å²) in [6.45, 7) is 0.858. The van der Waals surface area contributed by atoms with Gasteiger partial charge in [-0.25, -0.2) is 0 Å². The summed E-state index contributed by atoms with van der Waals surface area (Å²) in [6.07, 6.45) is 0.787. The van der Waals surface area contributed by atoms with Gasteiger partial charge in [0.2, 0.25) is 0 Å². The van der Waals surface area contributed by atoms with Crippen LogP contribution in [0.1, 0.15) is 6.42 Å². The van der Waals surface area contributed by atoms with Gasteiger partial charge in [-0.15, -0.1) is 0 Å². The number of aliphatic carboxylic acids is 1. The Kier molecular flexibility index (Phi) is 2.41. The summed E-state index contributed by atoms with van der Waals surface area (Å²) in [6, 6.07) is -0.250. The summed E-state index contributed by atoms with van der Waals surface area (Å²) in [5, 5.41) is 10.9. The smallest absolute Gasteiger partial charge is 0.320 e. The minimum Gasteiger partial charge on any atom is -0.480 e. The van der Waals surface area contributed by atoms with Crippen LogP contribution in [0.4, 0.5) is 4.70 Å². The largest absolute Gasteiger partial charge is 0.480 e. The molecule has 0 spiro atoms. The lowest BCUT2D eigenvalue weighted by molar-refractivity contribution is -0.141. The zero-order valence-corrected chi connectivity index (χ0v) is 4.26. The van der Waals surface area contributed by atoms with Crippen molar-refractivity contribution in [1.82, 2.24) is 5.32 Å². The van der Waals surface area contributed by atoms with Crippen LogP contribution in [0.3, 0.4) is 0 Å². The highest BCUT2D eigenvalue weighted by Gasteiger charge is 2.22. The molecule has 0 aromatic rings. The molecular formula is C4H8FNO2. The Balaban J connectivity index is 0.000000490. The third-order valence-electron chi connectivity index (χ3n) is 1.12. The van der Waals surface area contributed by atoms with E-state index in [0.29, 0.717) is 0 Å². The third kappa shape index (κ3) is 1.16. The number of carboxylic acid groups (broad SMARTS) is 1. The van der Waals surface area contributed by atoms with Gasteiger partial charge in [0.25, 0.3) is 0 Å². The molecule has 0 aromatic carbocycles. The first-order valence-corrected chi connectivity index (χ1v) is 2.27. The summed E-state index contributed by atoms with van der Waals surface area (Å²) in [7, 11) is 0. The van der Waals surface area contributed by atoms with Crippen molar-refractivity contribution in [3.8, 4) is 0 Å². The minimum absolute atomic E-state index is 0. The van der Waals surface area contributed by atoms with Crippen molar-refractivity contribution >= 4 is 5.97 Å². The van der Waals surface area contributed by atoms with Crippen molar-refractivity contribution in [2.45, 2.75) is 12.5 Å². The number of halogens is 1. The Hall–Kier alpha value is -0.640. The van der Waals surface area contributed by atoms with E-state index >= 15 is 0 Å². The van der Waals surface area contributed by atoms with Crippen LogP contribution < -0.4 is 5.32 Å². The van der Waals surface area contributed by atoms with E-state index < -0.39 is 5.97 Å². The molecule has 1 rings (SSSR count). The fourth-order valence-corrected chi connectivity index (χ4v) is 0.499. The Morgan fingerprint density at radius 1 is 1.75 bits per heavy atom. The van der Waals surface area contributed by atoms with Gasteiger partial charge in [0, 0.05) is 0 Å². The molecule has 0 unspecified atom stereocenters. The molecule has 1 aliphatic heterocycles. The lowest BCUT2D eigenvalue weighted by atomic mass is 10.1. The second-order valence-electron chi connectivity index (χ2n) is 1.63. The molecule has 0 amide bonds. The summed E-state index contributed by atoms with van der Waals surface area (Å²) in [5.74, 6) is -0.730. The fraction of sp³-hybridized carbons (Fsp3) is 0.750. The molecule has 0 radical (unpaired) electrons. The predicted molar refractivity (Wildman–Crippen MR) is 26.5 cm³/mol. The predicted octanol–water partition coefficient (Wildman–Crippen LogP) is -0.415. The van der Waals surface area contributed by atoms with Gasteiger partial charge in [-0.1, -0.05) is 0 Å². The Labute approximate surface area is 46.1 Å². The zero-order valence-electron chi connectivity index (χ0n) is 4.26. The van der Waals surface area contributed by atoms with Crippen molar-refractivity contribution < 1.29 is 14.6 Å². The zero-order chi connectivity index (χ0) is 5.28. The summed E-state index contributed by atoms with van der Waals surface area (Å²) in [4.78, 5) is 9.92. The van der Waals surface area contributed by atoms with Crippen LogP contribution in [0.5, 0.6) is 0 Å². The maximum atomic E-state index is 9.92. The highest BCUT2D eigenvalue weighted by atomic mass is 19.0. The van der Waals surface area contributed by atoms with Gasteiger partial charge in [-0.05, 0) is 13.0 Å². The number of nitrogens with one attached hydrogen (secondary N) is 1. The second kappa shape index (κ2) is 2.61. The molecule has 1 heterocycles. The topological polar surface area (TPSA) is 49.3 Å². The molecule has 0 aliphatic carbocycles. The van der Waals surface area contributed by atoms with E-state index in [1.807, 2.05) is 0 Å². The SMILES string of the molecule is F.O=C(O)[C@@H]1CCN1. The molecule has 1 fully saturated rings. The van der Waals surface area contributed by atoms with Crippen LogP contribution in [0, 0.1) is 0 Å². The molecule has 48 valence electrons. The van der Waals surface area contributed by atoms with Crippen molar-refractivity contribution in [3.05, 3.63) is 0 Å². The van der Waals surface area contributed by atoms with Crippen LogP contribution in [0.2, 0.25) is 0 Å².